The van der Waals surface area contributed by atoms with E-state index in [0.717, 1.165) is 23.9 Å². The van der Waals surface area contributed by atoms with Gasteiger partial charge >= 0.3 is 0 Å². The van der Waals surface area contributed by atoms with Crippen LogP contribution in [0.4, 0.5) is 5.69 Å². The number of likely N-dealkylation sites (N-methyl/N-ethyl adjacent to an activating group) is 1. The largest absolute Gasteiger partial charge is 0.384 e. The SMILES string of the molecule is CN/C(=C\C=N)C(=O)N1CCc2cc(/C=C/c3ccccc3C)ccc21. The number of carbonyl (C=O) groups excluding carboxylic acids is 1. The smallest absolute Gasteiger partial charge is 0.274 e. The molecular weight excluding hydrogens is 322 g/mol. The van der Waals surface area contributed by atoms with E-state index in [1.54, 1.807) is 11.9 Å². The Hall–Kier alpha value is -3.14. The highest BCUT2D eigenvalue weighted by atomic mass is 16.2. The van der Waals surface area contributed by atoms with Crippen LogP contribution in [0.5, 0.6) is 0 Å². The number of anilines is 1. The summed E-state index contributed by atoms with van der Waals surface area (Å²) in [5.74, 6) is -0.0991. The van der Waals surface area contributed by atoms with Crippen molar-refractivity contribution in [3.05, 3.63) is 76.5 Å². The standard InChI is InChI=1S/C22H23N3O/c1-16-5-3-4-6-18(16)9-7-17-8-10-21-19(15-17)12-14-25(21)22(26)20(24-2)11-13-23/h3-11,13,15,23-24H,12,14H2,1-2H3/b9-7+,20-11-,23-13?. The van der Waals surface area contributed by atoms with Gasteiger partial charge in [0.2, 0.25) is 0 Å². The number of nitrogens with one attached hydrogen (secondary N) is 2. The van der Waals surface area contributed by atoms with Crippen LogP contribution in [-0.4, -0.2) is 25.7 Å². The van der Waals surface area contributed by atoms with Crippen molar-refractivity contribution in [2.75, 3.05) is 18.5 Å². The maximum atomic E-state index is 12.6. The fourth-order valence-electron chi connectivity index (χ4n) is 3.19. The van der Waals surface area contributed by atoms with Gasteiger partial charge in [-0.15, -0.1) is 0 Å². The number of nitrogens with zero attached hydrogens (tertiary/aromatic N) is 1. The van der Waals surface area contributed by atoms with E-state index in [-0.39, 0.29) is 5.91 Å². The number of fused-ring (bicyclic) bond motifs is 1. The molecule has 0 fully saturated rings. The summed E-state index contributed by atoms with van der Waals surface area (Å²) in [5, 5.41) is 10.1. The summed E-state index contributed by atoms with van der Waals surface area (Å²) in [7, 11) is 1.70. The van der Waals surface area contributed by atoms with Crippen molar-refractivity contribution >= 4 is 30.0 Å². The molecule has 132 valence electrons. The van der Waals surface area contributed by atoms with Crippen LogP contribution in [-0.2, 0) is 11.2 Å². The predicted octanol–water partition coefficient (Wildman–Crippen LogP) is 3.81. The second-order valence-corrected chi connectivity index (χ2v) is 6.28. The molecule has 0 aromatic heterocycles. The average molecular weight is 345 g/mol. The van der Waals surface area contributed by atoms with E-state index < -0.39 is 0 Å². The highest BCUT2D eigenvalue weighted by Gasteiger charge is 2.26. The Labute approximate surface area is 154 Å². The number of carbonyl (C=O) groups is 1. The maximum absolute atomic E-state index is 12.6. The van der Waals surface area contributed by atoms with Crippen LogP contribution in [0.15, 0.2) is 54.2 Å². The third-order valence-corrected chi connectivity index (χ3v) is 4.64. The summed E-state index contributed by atoms with van der Waals surface area (Å²) in [6.45, 7) is 2.77. The molecule has 1 amide bonds. The normalized spacial score (nSPS) is 13.8. The zero-order valence-corrected chi connectivity index (χ0v) is 15.1. The Kier molecular flexibility index (Phi) is 5.32. The van der Waals surface area contributed by atoms with Gasteiger partial charge in [-0.1, -0.05) is 42.5 Å². The van der Waals surface area contributed by atoms with Gasteiger partial charge in [-0.25, -0.2) is 0 Å². The lowest BCUT2D eigenvalue weighted by atomic mass is 10.0. The van der Waals surface area contributed by atoms with Crippen molar-refractivity contribution in [3.63, 3.8) is 0 Å². The fraction of sp³-hybridized carbons (Fsp3) is 0.182. The lowest BCUT2D eigenvalue weighted by Gasteiger charge is -2.19. The molecule has 1 heterocycles. The van der Waals surface area contributed by atoms with Gasteiger partial charge in [-0.2, -0.15) is 0 Å². The van der Waals surface area contributed by atoms with E-state index in [4.69, 9.17) is 5.41 Å². The number of aryl methyl sites for hydroxylation is 1. The molecule has 0 spiro atoms. The molecule has 1 aliphatic rings. The summed E-state index contributed by atoms with van der Waals surface area (Å²) in [6, 6.07) is 14.5. The first-order chi connectivity index (χ1) is 12.6. The van der Waals surface area contributed by atoms with Gasteiger partial charge in [0.05, 0.1) is 0 Å². The highest BCUT2D eigenvalue weighted by Crippen LogP contribution is 2.30. The Morgan fingerprint density at radius 3 is 2.73 bits per heavy atom. The Morgan fingerprint density at radius 1 is 1.19 bits per heavy atom. The highest BCUT2D eigenvalue weighted by molar-refractivity contribution is 6.08. The van der Waals surface area contributed by atoms with E-state index in [1.807, 2.05) is 24.3 Å². The molecular formula is C22H23N3O. The molecule has 0 radical (unpaired) electrons. The molecule has 0 aliphatic carbocycles. The van der Waals surface area contributed by atoms with Gasteiger partial charge in [-0.3, -0.25) is 4.79 Å². The van der Waals surface area contributed by atoms with E-state index >= 15 is 0 Å². The van der Waals surface area contributed by atoms with Crippen LogP contribution in [0.3, 0.4) is 0 Å². The minimum atomic E-state index is -0.0991. The number of hydrogen-bond acceptors (Lipinski definition) is 3. The van der Waals surface area contributed by atoms with Crippen LogP contribution >= 0.6 is 0 Å². The van der Waals surface area contributed by atoms with Crippen molar-refractivity contribution in [1.29, 1.82) is 5.41 Å². The molecule has 0 unspecified atom stereocenters. The topological polar surface area (TPSA) is 56.2 Å². The number of amides is 1. The lowest BCUT2D eigenvalue weighted by Crippen LogP contribution is -2.34. The van der Waals surface area contributed by atoms with E-state index in [1.165, 1.54) is 22.8 Å². The van der Waals surface area contributed by atoms with Gasteiger partial charge in [0.25, 0.3) is 5.91 Å². The van der Waals surface area contributed by atoms with Crippen molar-refractivity contribution in [1.82, 2.24) is 5.32 Å². The van der Waals surface area contributed by atoms with Crippen LogP contribution in [0.1, 0.15) is 22.3 Å². The van der Waals surface area contributed by atoms with Gasteiger partial charge in [0, 0.05) is 25.5 Å². The Balaban J connectivity index is 1.82. The van der Waals surface area contributed by atoms with E-state index in [0.29, 0.717) is 12.2 Å². The number of rotatable bonds is 5. The average Bonchev–Trinajstić information content (AvgIpc) is 3.08. The van der Waals surface area contributed by atoms with Crippen molar-refractivity contribution in [2.24, 2.45) is 0 Å². The van der Waals surface area contributed by atoms with E-state index in [2.05, 4.69) is 42.6 Å². The van der Waals surface area contributed by atoms with Crippen molar-refractivity contribution < 1.29 is 4.79 Å². The Bertz CT molecular complexity index is 896. The third-order valence-electron chi connectivity index (χ3n) is 4.64. The van der Waals surface area contributed by atoms with Gasteiger partial charge in [-0.05, 0) is 53.8 Å². The molecule has 0 atom stereocenters. The second-order valence-electron chi connectivity index (χ2n) is 6.28. The van der Waals surface area contributed by atoms with Crippen molar-refractivity contribution in [2.45, 2.75) is 13.3 Å². The molecule has 2 N–H and O–H groups in total. The molecule has 0 bridgehead atoms. The van der Waals surface area contributed by atoms with Crippen LogP contribution in [0, 0.1) is 12.3 Å². The van der Waals surface area contributed by atoms with E-state index in [9.17, 15) is 4.79 Å². The maximum Gasteiger partial charge on any atom is 0.274 e. The van der Waals surface area contributed by atoms with Gasteiger partial charge in [0.15, 0.2) is 0 Å². The molecule has 0 saturated carbocycles. The summed E-state index contributed by atoms with van der Waals surface area (Å²) in [4.78, 5) is 14.4. The zero-order chi connectivity index (χ0) is 18.5. The summed E-state index contributed by atoms with van der Waals surface area (Å²) in [6.07, 6.45) is 7.69. The van der Waals surface area contributed by atoms with Crippen LogP contribution in [0.25, 0.3) is 12.2 Å². The molecule has 2 aromatic carbocycles. The molecule has 4 heteroatoms. The number of allylic oxidation sites excluding steroid dienone is 1. The third kappa shape index (κ3) is 3.59. The Morgan fingerprint density at radius 2 is 2.00 bits per heavy atom. The molecule has 1 aliphatic heterocycles. The summed E-state index contributed by atoms with van der Waals surface area (Å²) >= 11 is 0. The molecule has 2 aromatic rings. The van der Waals surface area contributed by atoms with Crippen LogP contribution < -0.4 is 10.2 Å². The zero-order valence-electron chi connectivity index (χ0n) is 15.1. The first-order valence-corrected chi connectivity index (χ1v) is 8.71. The minimum Gasteiger partial charge on any atom is -0.384 e. The molecule has 26 heavy (non-hydrogen) atoms. The molecule has 4 nitrogen and oxygen atoms in total. The molecule has 3 rings (SSSR count). The first kappa shape index (κ1) is 17.7. The van der Waals surface area contributed by atoms with Gasteiger partial charge < -0.3 is 15.6 Å². The quantitative estimate of drug-likeness (QED) is 0.492. The fourth-order valence-corrected chi connectivity index (χ4v) is 3.19. The van der Waals surface area contributed by atoms with Crippen LogP contribution in [0.2, 0.25) is 0 Å². The number of benzene rings is 2. The molecule has 0 saturated heterocycles. The van der Waals surface area contributed by atoms with Gasteiger partial charge in [0.1, 0.15) is 5.70 Å². The number of hydrogen-bond donors (Lipinski definition) is 2. The minimum absolute atomic E-state index is 0.0991. The summed E-state index contributed by atoms with van der Waals surface area (Å²) < 4.78 is 0. The first-order valence-electron chi connectivity index (χ1n) is 8.71. The van der Waals surface area contributed by atoms with Crippen molar-refractivity contribution in [3.8, 4) is 0 Å². The predicted molar refractivity (Wildman–Crippen MR) is 109 cm³/mol. The lowest BCUT2D eigenvalue weighted by molar-refractivity contribution is -0.115. The second kappa shape index (κ2) is 7.83. The summed E-state index contributed by atoms with van der Waals surface area (Å²) in [5.41, 5.74) is 6.14. The monoisotopic (exact) mass is 345 g/mol.